The van der Waals surface area contributed by atoms with Crippen molar-refractivity contribution in [2.45, 2.75) is 31.9 Å². The Morgan fingerprint density at radius 1 is 1.09 bits per heavy atom. The molecule has 0 aliphatic rings. The maximum Gasteiger partial charge on any atom is 0.241 e. The number of nitrogens with two attached hydrogens (primary N) is 1. The van der Waals surface area contributed by atoms with Crippen LogP contribution in [0.3, 0.4) is 0 Å². The lowest BCUT2D eigenvalue weighted by molar-refractivity contribution is -0.118. The van der Waals surface area contributed by atoms with E-state index in [1.807, 2.05) is 67.6 Å². The fourth-order valence-electron chi connectivity index (χ4n) is 2.14. The summed E-state index contributed by atoms with van der Waals surface area (Å²) in [5, 5.41) is 2.82. The van der Waals surface area contributed by atoms with Crippen LogP contribution in [0.5, 0.6) is 5.75 Å². The van der Waals surface area contributed by atoms with Crippen LogP contribution in [0, 0.1) is 0 Å². The van der Waals surface area contributed by atoms with Crippen molar-refractivity contribution in [2.75, 3.05) is 5.32 Å². The third-order valence-electron chi connectivity index (χ3n) is 3.40. The topological polar surface area (TPSA) is 64.4 Å². The summed E-state index contributed by atoms with van der Waals surface area (Å²) in [5.74, 6) is 0.603. The minimum absolute atomic E-state index is 0.0843. The molecule has 2 aromatic carbocycles. The zero-order valence-electron chi connectivity index (χ0n) is 12.7. The Bertz CT molecular complexity index is 572. The highest BCUT2D eigenvalue weighted by molar-refractivity contribution is 5.94. The number of carbonyl (C=O) groups excluding carboxylic acids is 1. The van der Waals surface area contributed by atoms with E-state index >= 15 is 0 Å². The van der Waals surface area contributed by atoms with Crippen LogP contribution in [0.25, 0.3) is 0 Å². The van der Waals surface area contributed by atoms with E-state index in [2.05, 4.69) is 5.32 Å². The monoisotopic (exact) mass is 298 g/mol. The van der Waals surface area contributed by atoms with Gasteiger partial charge in [-0.05, 0) is 30.7 Å². The van der Waals surface area contributed by atoms with Crippen LogP contribution >= 0.6 is 0 Å². The highest BCUT2D eigenvalue weighted by atomic mass is 16.5. The van der Waals surface area contributed by atoms with Gasteiger partial charge in [-0.1, -0.05) is 43.3 Å². The molecule has 4 heteroatoms. The number of nitrogens with one attached hydrogen (secondary N) is 1. The average molecular weight is 298 g/mol. The molecule has 2 aromatic rings. The smallest absolute Gasteiger partial charge is 0.241 e. The largest absolute Gasteiger partial charge is 0.490 e. The second kappa shape index (κ2) is 8.20. The van der Waals surface area contributed by atoms with E-state index in [4.69, 9.17) is 10.5 Å². The van der Waals surface area contributed by atoms with Gasteiger partial charge in [-0.2, -0.15) is 0 Å². The minimum atomic E-state index is -0.603. The molecule has 0 aliphatic carbocycles. The molecule has 0 bridgehead atoms. The van der Waals surface area contributed by atoms with Gasteiger partial charge in [0.15, 0.2) is 0 Å². The van der Waals surface area contributed by atoms with Gasteiger partial charge < -0.3 is 15.8 Å². The molecule has 2 atom stereocenters. The number of carbonyl (C=O) groups is 1. The van der Waals surface area contributed by atoms with Gasteiger partial charge in [-0.15, -0.1) is 0 Å². The molecule has 22 heavy (non-hydrogen) atoms. The Labute approximate surface area is 131 Å². The molecule has 0 aliphatic heterocycles. The third kappa shape index (κ3) is 4.90. The van der Waals surface area contributed by atoms with Gasteiger partial charge in [-0.25, -0.2) is 0 Å². The standard InChI is InChI=1S/C18H22N2O2/c1-2-15(22-16-11-7-4-8-12-16)13-17(19)18(21)20-14-9-5-3-6-10-14/h3-12,15,17H,2,13,19H2,1H3,(H,20,21). The predicted molar refractivity (Wildman–Crippen MR) is 88.8 cm³/mol. The van der Waals surface area contributed by atoms with E-state index in [1.54, 1.807) is 0 Å². The minimum Gasteiger partial charge on any atom is -0.490 e. The maximum atomic E-state index is 12.1. The van der Waals surface area contributed by atoms with Crippen LogP contribution in [-0.4, -0.2) is 18.1 Å². The van der Waals surface area contributed by atoms with Gasteiger partial charge in [0.05, 0.1) is 6.04 Å². The van der Waals surface area contributed by atoms with E-state index in [9.17, 15) is 4.79 Å². The zero-order chi connectivity index (χ0) is 15.8. The van der Waals surface area contributed by atoms with E-state index in [0.717, 1.165) is 17.9 Å². The van der Waals surface area contributed by atoms with Crippen molar-refractivity contribution in [1.29, 1.82) is 0 Å². The van der Waals surface area contributed by atoms with Crippen molar-refractivity contribution in [3.8, 4) is 5.75 Å². The first kappa shape index (κ1) is 16.0. The highest BCUT2D eigenvalue weighted by Crippen LogP contribution is 2.16. The summed E-state index contributed by atoms with van der Waals surface area (Å²) < 4.78 is 5.87. The molecule has 0 saturated heterocycles. The second-order valence-electron chi connectivity index (χ2n) is 5.16. The SMILES string of the molecule is CCC(CC(N)C(=O)Nc1ccccc1)Oc1ccccc1. The molecule has 2 rings (SSSR count). The van der Waals surface area contributed by atoms with E-state index < -0.39 is 6.04 Å². The van der Waals surface area contributed by atoms with Crippen LogP contribution < -0.4 is 15.8 Å². The molecule has 0 radical (unpaired) electrons. The van der Waals surface area contributed by atoms with Crippen LogP contribution in [0.15, 0.2) is 60.7 Å². The summed E-state index contributed by atoms with van der Waals surface area (Å²) in [4.78, 5) is 12.1. The molecule has 116 valence electrons. The summed E-state index contributed by atoms with van der Waals surface area (Å²) in [6.07, 6.45) is 1.18. The summed E-state index contributed by atoms with van der Waals surface area (Å²) in [7, 11) is 0. The Morgan fingerprint density at radius 2 is 1.68 bits per heavy atom. The van der Waals surface area contributed by atoms with Crippen LogP contribution in [0.2, 0.25) is 0 Å². The van der Waals surface area contributed by atoms with Crippen LogP contribution in [0.4, 0.5) is 5.69 Å². The quantitative estimate of drug-likeness (QED) is 0.825. The number of anilines is 1. The van der Waals surface area contributed by atoms with Gasteiger partial charge in [-0.3, -0.25) is 4.79 Å². The number of benzene rings is 2. The van der Waals surface area contributed by atoms with Crippen molar-refractivity contribution in [2.24, 2.45) is 5.73 Å². The lowest BCUT2D eigenvalue weighted by Crippen LogP contribution is -2.39. The van der Waals surface area contributed by atoms with Crippen molar-refractivity contribution in [1.82, 2.24) is 0 Å². The second-order valence-corrected chi connectivity index (χ2v) is 5.16. The molecular weight excluding hydrogens is 276 g/mol. The lowest BCUT2D eigenvalue weighted by atomic mass is 10.1. The molecule has 1 amide bonds. The Balaban J connectivity index is 1.88. The fourth-order valence-corrected chi connectivity index (χ4v) is 2.14. The summed E-state index contributed by atoms with van der Waals surface area (Å²) >= 11 is 0. The Hall–Kier alpha value is -2.33. The first-order chi connectivity index (χ1) is 10.7. The van der Waals surface area contributed by atoms with Crippen LogP contribution in [-0.2, 0) is 4.79 Å². The van der Waals surface area contributed by atoms with E-state index in [1.165, 1.54) is 0 Å². The maximum absolute atomic E-state index is 12.1. The van der Waals surface area contributed by atoms with Gasteiger partial charge in [0, 0.05) is 12.1 Å². The normalized spacial score (nSPS) is 13.2. The molecule has 4 nitrogen and oxygen atoms in total. The number of rotatable bonds is 7. The molecule has 0 saturated carbocycles. The number of ether oxygens (including phenoxy) is 1. The zero-order valence-corrected chi connectivity index (χ0v) is 12.7. The van der Waals surface area contributed by atoms with Crippen molar-refractivity contribution >= 4 is 11.6 Å². The Kier molecular flexibility index (Phi) is 5.98. The highest BCUT2D eigenvalue weighted by Gasteiger charge is 2.19. The Morgan fingerprint density at radius 3 is 2.27 bits per heavy atom. The molecular formula is C18H22N2O2. The lowest BCUT2D eigenvalue weighted by Gasteiger charge is -2.21. The predicted octanol–water partition coefficient (Wildman–Crippen LogP) is 3.20. The molecule has 0 fully saturated rings. The van der Waals surface area contributed by atoms with Gasteiger partial charge in [0.25, 0.3) is 0 Å². The summed E-state index contributed by atoms with van der Waals surface area (Å²) in [5.41, 5.74) is 6.75. The number of hydrogen-bond acceptors (Lipinski definition) is 3. The molecule has 0 aromatic heterocycles. The molecule has 0 spiro atoms. The van der Waals surface area contributed by atoms with Gasteiger partial charge in [0.2, 0.25) is 5.91 Å². The number of amides is 1. The molecule has 2 unspecified atom stereocenters. The number of para-hydroxylation sites is 2. The fraction of sp³-hybridized carbons (Fsp3) is 0.278. The van der Waals surface area contributed by atoms with E-state index in [0.29, 0.717) is 6.42 Å². The molecule has 3 N–H and O–H groups in total. The van der Waals surface area contributed by atoms with Gasteiger partial charge >= 0.3 is 0 Å². The molecule has 0 heterocycles. The summed E-state index contributed by atoms with van der Waals surface area (Å²) in [6, 6.07) is 18.3. The van der Waals surface area contributed by atoms with Crippen molar-refractivity contribution < 1.29 is 9.53 Å². The van der Waals surface area contributed by atoms with Crippen LogP contribution in [0.1, 0.15) is 19.8 Å². The third-order valence-corrected chi connectivity index (χ3v) is 3.40. The number of hydrogen-bond donors (Lipinski definition) is 2. The first-order valence-corrected chi connectivity index (χ1v) is 7.52. The summed E-state index contributed by atoms with van der Waals surface area (Å²) in [6.45, 7) is 2.02. The van der Waals surface area contributed by atoms with Crippen molar-refractivity contribution in [3.63, 3.8) is 0 Å². The van der Waals surface area contributed by atoms with Crippen molar-refractivity contribution in [3.05, 3.63) is 60.7 Å². The van der Waals surface area contributed by atoms with Gasteiger partial charge in [0.1, 0.15) is 11.9 Å². The first-order valence-electron chi connectivity index (χ1n) is 7.52. The average Bonchev–Trinajstić information content (AvgIpc) is 2.56. The van der Waals surface area contributed by atoms with E-state index in [-0.39, 0.29) is 12.0 Å².